The lowest BCUT2D eigenvalue weighted by Gasteiger charge is -2.33. The highest BCUT2D eigenvalue weighted by molar-refractivity contribution is 5.87. The van der Waals surface area contributed by atoms with Gasteiger partial charge in [0.15, 0.2) is 6.35 Å². The van der Waals surface area contributed by atoms with Gasteiger partial charge in [0.2, 0.25) is 5.91 Å². The lowest BCUT2D eigenvalue weighted by Crippen LogP contribution is -2.52. The van der Waals surface area contributed by atoms with Crippen LogP contribution in [0.5, 0.6) is 0 Å². The van der Waals surface area contributed by atoms with Crippen molar-refractivity contribution in [1.82, 2.24) is 10.2 Å². The van der Waals surface area contributed by atoms with Gasteiger partial charge in [-0.3, -0.25) is 4.79 Å². The Bertz CT molecular complexity index is 1110. The van der Waals surface area contributed by atoms with Gasteiger partial charge in [-0.25, -0.2) is 9.69 Å². The number of carbonyl (C=O) groups excluding carboxylic acids is 1. The number of alkyl halides is 3. The van der Waals surface area contributed by atoms with E-state index in [-0.39, 0.29) is 23.1 Å². The third-order valence-electron chi connectivity index (χ3n) is 7.44. The predicted octanol–water partition coefficient (Wildman–Crippen LogP) is 4.71. The van der Waals surface area contributed by atoms with Crippen molar-refractivity contribution in [1.29, 1.82) is 0 Å². The van der Waals surface area contributed by atoms with E-state index in [2.05, 4.69) is 10.6 Å². The molecule has 2 aromatic rings. The number of amides is 1. The van der Waals surface area contributed by atoms with Crippen molar-refractivity contribution in [3.05, 3.63) is 64.7 Å². The third-order valence-corrected chi connectivity index (χ3v) is 7.44. The molecule has 2 aromatic carbocycles. The first kappa shape index (κ1) is 26.9. The van der Waals surface area contributed by atoms with Gasteiger partial charge in [-0.05, 0) is 92.8 Å². The summed E-state index contributed by atoms with van der Waals surface area (Å²) in [6.45, 7) is 1.86. The van der Waals surface area contributed by atoms with Gasteiger partial charge in [-0.15, -0.1) is 0 Å². The van der Waals surface area contributed by atoms with E-state index >= 15 is 0 Å². The number of carboxylic acid groups (broad SMARTS) is 1. The quantitative estimate of drug-likeness (QED) is 0.396. The molecule has 1 aliphatic heterocycles. The largest absolute Gasteiger partial charge is 0.478 e. The topological polar surface area (TPSA) is 102 Å². The van der Waals surface area contributed by atoms with Gasteiger partial charge in [0.25, 0.3) is 0 Å². The lowest BCUT2D eigenvalue weighted by atomic mass is 9.81. The molecule has 0 radical (unpaired) electrons. The average Bonchev–Trinajstić information content (AvgIpc) is 3.34. The number of hydrogen-bond acceptors (Lipinski definition) is 5. The normalized spacial score (nSPS) is 23.4. The van der Waals surface area contributed by atoms with Crippen molar-refractivity contribution in [3.63, 3.8) is 0 Å². The molecule has 2 atom stereocenters. The number of aromatic carboxylic acids is 1. The molecule has 0 aromatic heterocycles. The smallest absolute Gasteiger partial charge is 0.416 e. The Labute approximate surface area is 213 Å². The van der Waals surface area contributed by atoms with Crippen LogP contribution in [0.15, 0.2) is 42.5 Å². The minimum Gasteiger partial charge on any atom is -0.478 e. The molecule has 10 heteroatoms. The van der Waals surface area contributed by atoms with Gasteiger partial charge in [-0.2, -0.15) is 13.2 Å². The second kappa shape index (κ2) is 11.1. The number of likely N-dealkylation sites (tertiary alicyclic amines) is 1. The molecule has 1 unspecified atom stereocenters. The summed E-state index contributed by atoms with van der Waals surface area (Å²) >= 11 is 0. The molecule has 1 saturated carbocycles. The molecule has 200 valence electrons. The molecule has 1 heterocycles. The highest BCUT2D eigenvalue weighted by atomic mass is 19.4. The molecule has 2 aliphatic rings. The first-order valence-corrected chi connectivity index (χ1v) is 12.5. The molecule has 4 rings (SSSR count). The number of halogens is 3. The van der Waals surface area contributed by atoms with Crippen LogP contribution in [0.2, 0.25) is 0 Å². The van der Waals surface area contributed by atoms with Crippen molar-refractivity contribution in [2.75, 3.05) is 11.9 Å². The van der Waals surface area contributed by atoms with Crippen LogP contribution in [0.4, 0.5) is 18.9 Å². The number of nitrogens with zero attached hydrogens (tertiary/aromatic N) is 1. The number of aryl methyl sites for hydroxylation is 1. The maximum Gasteiger partial charge on any atom is 0.416 e. The van der Waals surface area contributed by atoms with Gasteiger partial charge in [0.05, 0.1) is 17.2 Å². The fraction of sp³-hybridized carbons (Fsp3) is 0.481. The summed E-state index contributed by atoms with van der Waals surface area (Å²) in [5.41, 5.74) is 1.03. The summed E-state index contributed by atoms with van der Waals surface area (Å²) in [5.74, 6) is -0.790. The van der Waals surface area contributed by atoms with Crippen molar-refractivity contribution in [3.8, 4) is 0 Å². The van der Waals surface area contributed by atoms with Gasteiger partial charge in [-0.1, -0.05) is 12.1 Å². The van der Waals surface area contributed by atoms with Crippen LogP contribution >= 0.6 is 0 Å². The van der Waals surface area contributed by atoms with Crippen LogP contribution < -0.4 is 10.6 Å². The molecule has 1 saturated heterocycles. The molecule has 2 fully saturated rings. The van der Waals surface area contributed by atoms with Gasteiger partial charge in [0.1, 0.15) is 0 Å². The molecule has 4 N–H and O–H groups in total. The monoisotopic (exact) mass is 519 g/mol. The Hall–Kier alpha value is -3.11. The van der Waals surface area contributed by atoms with E-state index < -0.39 is 30.1 Å². The fourth-order valence-corrected chi connectivity index (χ4v) is 5.43. The number of benzene rings is 2. The number of hydrogen-bond donors (Lipinski definition) is 4. The van der Waals surface area contributed by atoms with Crippen LogP contribution in [0.1, 0.15) is 71.5 Å². The average molecular weight is 520 g/mol. The van der Waals surface area contributed by atoms with Crippen LogP contribution in [0.3, 0.4) is 0 Å². The van der Waals surface area contributed by atoms with Crippen LogP contribution in [-0.2, 0) is 11.0 Å². The summed E-state index contributed by atoms with van der Waals surface area (Å²) in [5, 5.41) is 25.7. The molecule has 37 heavy (non-hydrogen) atoms. The number of aliphatic hydroxyl groups excluding tert-OH is 1. The third kappa shape index (κ3) is 6.42. The number of carboxylic acids is 1. The zero-order valence-corrected chi connectivity index (χ0v) is 20.6. The zero-order chi connectivity index (χ0) is 26.7. The van der Waals surface area contributed by atoms with Crippen molar-refractivity contribution in [2.24, 2.45) is 0 Å². The Morgan fingerprint density at radius 1 is 1.03 bits per heavy atom. The van der Waals surface area contributed by atoms with E-state index in [1.54, 1.807) is 17.0 Å². The van der Waals surface area contributed by atoms with E-state index in [1.165, 1.54) is 19.1 Å². The molecular formula is C27H32F3N3O4. The molecule has 0 spiro atoms. The summed E-state index contributed by atoms with van der Waals surface area (Å²) in [6, 6.07) is 10.0. The number of nitrogens with one attached hydrogen (secondary N) is 2. The van der Waals surface area contributed by atoms with Crippen molar-refractivity contribution in [2.45, 2.75) is 76.0 Å². The number of anilines is 1. The van der Waals surface area contributed by atoms with Crippen molar-refractivity contribution >= 4 is 17.6 Å². The molecule has 1 amide bonds. The Morgan fingerprint density at radius 2 is 1.70 bits per heavy atom. The first-order chi connectivity index (χ1) is 17.5. The maximum absolute atomic E-state index is 13.1. The summed E-state index contributed by atoms with van der Waals surface area (Å²) in [7, 11) is 0. The highest BCUT2D eigenvalue weighted by Crippen LogP contribution is 2.34. The molecule has 7 nitrogen and oxygen atoms in total. The van der Waals surface area contributed by atoms with Crippen LogP contribution in [0, 0.1) is 6.92 Å². The molecular weight excluding hydrogens is 487 g/mol. The molecule has 1 aliphatic carbocycles. The van der Waals surface area contributed by atoms with E-state index in [0.29, 0.717) is 24.6 Å². The van der Waals surface area contributed by atoms with Crippen LogP contribution in [-0.4, -0.2) is 52.0 Å². The number of carbonyl (C=O) groups is 2. The Morgan fingerprint density at radius 3 is 2.30 bits per heavy atom. The summed E-state index contributed by atoms with van der Waals surface area (Å²) < 4.78 is 39.1. The van der Waals surface area contributed by atoms with Crippen LogP contribution in [0.25, 0.3) is 0 Å². The van der Waals surface area contributed by atoms with Gasteiger partial charge in [0, 0.05) is 18.3 Å². The second-order valence-electron chi connectivity index (χ2n) is 9.93. The highest BCUT2D eigenvalue weighted by Gasteiger charge is 2.37. The first-order valence-electron chi connectivity index (χ1n) is 12.5. The number of rotatable bonds is 7. The van der Waals surface area contributed by atoms with E-state index in [1.807, 2.05) is 12.1 Å². The minimum atomic E-state index is -4.44. The van der Waals surface area contributed by atoms with Gasteiger partial charge < -0.3 is 20.8 Å². The minimum absolute atomic E-state index is 0.0205. The van der Waals surface area contributed by atoms with E-state index in [4.69, 9.17) is 5.11 Å². The predicted molar refractivity (Wildman–Crippen MR) is 132 cm³/mol. The SMILES string of the molecule is Cc1cc(NC(O)N2CCC[C@@H]2C(=O)NC2CCC(c3ccc(C(=O)O)cc3)CC2)ccc1C(F)(F)F. The number of aliphatic hydroxyl groups is 1. The Kier molecular flexibility index (Phi) is 8.08. The van der Waals surface area contributed by atoms with E-state index in [9.17, 15) is 27.9 Å². The second-order valence-corrected chi connectivity index (χ2v) is 9.93. The maximum atomic E-state index is 13.1. The van der Waals surface area contributed by atoms with Gasteiger partial charge >= 0.3 is 12.1 Å². The zero-order valence-electron chi connectivity index (χ0n) is 20.6. The summed E-state index contributed by atoms with van der Waals surface area (Å²) in [4.78, 5) is 25.8. The standard InChI is InChI=1S/C27H32F3N3O4/c1-16-15-21(12-13-22(16)27(28,29)30)32-26(37)33-14-2-3-23(33)24(34)31-20-10-8-18(9-11-20)17-4-6-19(7-5-17)25(35)36/h4-7,12-13,15,18,20,23,26,32,37H,2-3,8-11,14H2,1H3,(H,31,34)(H,35,36)/t18?,20?,23-,26?/m1/s1. The lowest BCUT2D eigenvalue weighted by molar-refractivity contribution is -0.138. The van der Waals surface area contributed by atoms with Crippen molar-refractivity contribution < 1.29 is 33.0 Å². The van der Waals surface area contributed by atoms with E-state index in [0.717, 1.165) is 43.7 Å². The molecule has 0 bridgehead atoms. The fourth-order valence-electron chi connectivity index (χ4n) is 5.43. The Balaban J connectivity index is 1.30. The summed E-state index contributed by atoms with van der Waals surface area (Å²) in [6.07, 6.45) is -0.983.